The van der Waals surface area contributed by atoms with Crippen LogP contribution in [-0.2, 0) is 14.8 Å². The Bertz CT molecular complexity index is 1020. The first-order valence-electron chi connectivity index (χ1n) is 9.14. The summed E-state index contributed by atoms with van der Waals surface area (Å²) in [6.07, 6.45) is 0. The van der Waals surface area contributed by atoms with Gasteiger partial charge >= 0.3 is 0 Å². The molecule has 1 atom stereocenters. The van der Waals surface area contributed by atoms with Crippen LogP contribution in [0.1, 0.15) is 35.2 Å². The van der Waals surface area contributed by atoms with Gasteiger partial charge in [0.15, 0.2) is 0 Å². The van der Waals surface area contributed by atoms with Gasteiger partial charge in [0, 0.05) is 12.1 Å². The molecule has 0 bridgehead atoms. The molecule has 0 saturated heterocycles. The molecule has 2 aromatic rings. The third-order valence-electron chi connectivity index (χ3n) is 4.91. The van der Waals surface area contributed by atoms with Crippen molar-refractivity contribution < 1.29 is 17.9 Å². The first kappa shape index (κ1) is 23.2. The Morgan fingerprint density at radius 3 is 2.38 bits per heavy atom. The molecule has 1 N–H and O–H groups in total. The number of hydrogen-bond donors (Lipinski definition) is 1. The van der Waals surface area contributed by atoms with Gasteiger partial charge in [0.2, 0.25) is 15.9 Å². The highest BCUT2D eigenvalue weighted by Gasteiger charge is 2.27. The summed E-state index contributed by atoms with van der Waals surface area (Å²) in [5, 5.41) is 3.14. The summed E-state index contributed by atoms with van der Waals surface area (Å²) >= 11 is 5.95. The number of amides is 1. The van der Waals surface area contributed by atoms with Crippen molar-refractivity contribution >= 4 is 27.5 Å². The number of likely N-dealkylation sites (N-methyl/N-ethyl adjacent to an activating group) is 1. The molecule has 0 radical (unpaired) electrons. The normalized spacial score (nSPS) is 12.7. The highest BCUT2D eigenvalue weighted by molar-refractivity contribution is 7.89. The lowest BCUT2D eigenvalue weighted by Gasteiger charge is -2.22. The van der Waals surface area contributed by atoms with E-state index in [0.717, 1.165) is 21.0 Å². The lowest BCUT2D eigenvalue weighted by Crippen LogP contribution is -2.39. The highest BCUT2D eigenvalue weighted by atomic mass is 35.5. The van der Waals surface area contributed by atoms with Gasteiger partial charge in [0.05, 0.1) is 19.7 Å². The molecule has 0 aliphatic rings. The molecule has 29 heavy (non-hydrogen) atoms. The number of nitrogens with one attached hydrogen (secondary N) is 1. The van der Waals surface area contributed by atoms with Crippen molar-refractivity contribution in [3.63, 3.8) is 0 Å². The minimum absolute atomic E-state index is 0.0825. The van der Waals surface area contributed by atoms with Crippen LogP contribution in [0.15, 0.2) is 35.2 Å². The first-order valence-corrected chi connectivity index (χ1v) is 11.0. The van der Waals surface area contributed by atoms with Crippen LogP contribution in [0.3, 0.4) is 0 Å². The quantitative estimate of drug-likeness (QED) is 0.713. The van der Waals surface area contributed by atoms with Gasteiger partial charge in [-0.1, -0.05) is 23.7 Å². The Morgan fingerprint density at radius 2 is 1.76 bits per heavy atom. The van der Waals surface area contributed by atoms with Crippen molar-refractivity contribution in [2.45, 2.75) is 38.6 Å². The van der Waals surface area contributed by atoms with Crippen molar-refractivity contribution in [3.8, 4) is 5.75 Å². The molecule has 2 rings (SSSR count). The Balaban J connectivity index is 2.16. The van der Waals surface area contributed by atoms with Crippen molar-refractivity contribution in [3.05, 3.63) is 57.6 Å². The van der Waals surface area contributed by atoms with E-state index in [-0.39, 0.29) is 28.3 Å². The van der Waals surface area contributed by atoms with E-state index in [1.54, 1.807) is 6.07 Å². The fourth-order valence-corrected chi connectivity index (χ4v) is 4.66. The molecule has 0 aliphatic heterocycles. The zero-order valence-corrected chi connectivity index (χ0v) is 19.1. The molecule has 0 heterocycles. The zero-order valence-electron chi connectivity index (χ0n) is 17.5. The molecular weight excluding hydrogens is 412 g/mol. The molecule has 158 valence electrons. The van der Waals surface area contributed by atoms with Crippen molar-refractivity contribution in [2.75, 3.05) is 20.7 Å². The van der Waals surface area contributed by atoms with E-state index in [1.807, 2.05) is 33.8 Å². The van der Waals surface area contributed by atoms with Gasteiger partial charge < -0.3 is 10.1 Å². The second-order valence-corrected chi connectivity index (χ2v) is 9.59. The first-order chi connectivity index (χ1) is 13.5. The predicted molar refractivity (Wildman–Crippen MR) is 115 cm³/mol. The minimum Gasteiger partial charge on any atom is -0.495 e. The number of sulfonamides is 1. The molecule has 0 fully saturated rings. The van der Waals surface area contributed by atoms with Crippen molar-refractivity contribution in [2.24, 2.45) is 0 Å². The van der Waals surface area contributed by atoms with Crippen LogP contribution in [0.5, 0.6) is 5.75 Å². The molecule has 1 amide bonds. The van der Waals surface area contributed by atoms with Gasteiger partial charge in [-0.2, -0.15) is 4.31 Å². The number of methoxy groups -OCH3 is 1. The molecule has 0 unspecified atom stereocenters. The summed E-state index contributed by atoms with van der Waals surface area (Å²) < 4.78 is 31.9. The van der Waals surface area contributed by atoms with Crippen molar-refractivity contribution in [1.29, 1.82) is 0 Å². The van der Waals surface area contributed by atoms with Crippen LogP contribution in [0.4, 0.5) is 0 Å². The molecular formula is C21H27ClN2O4S. The third kappa shape index (κ3) is 5.29. The van der Waals surface area contributed by atoms with E-state index in [1.165, 1.54) is 31.9 Å². The minimum atomic E-state index is -3.96. The molecule has 0 saturated carbocycles. The van der Waals surface area contributed by atoms with Gasteiger partial charge in [0.25, 0.3) is 0 Å². The average molecular weight is 439 g/mol. The number of halogens is 1. The fraction of sp³-hybridized carbons (Fsp3) is 0.381. The standard InChI is InChI=1S/C21H27ClN2O4S/c1-13-9-15(3)18(10-14(13)2)16(4)23-21(25)12-24(5)29(26,27)20-11-17(22)7-8-19(20)28-6/h7-11,16H,12H2,1-6H3,(H,23,25)/t16-/m0/s1. The number of aryl methyl sites for hydroxylation is 3. The number of rotatable bonds is 7. The van der Waals surface area contributed by atoms with E-state index >= 15 is 0 Å². The van der Waals surface area contributed by atoms with Gasteiger partial charge in [0.1, 0.15) is 10.6 Å². The van der Waals surface area contributed by atoms with E-state index in [2.05, 4.69) is 11.4 Å². The molecule has 0 aliphatic carbocycles. The number of carbonyl (C=O) groups is 1. The number of carbonyl (C=O) groups excluding carboxylic acids is 1. The number of benzene rings is 2. The summed E-state index contributed by atoms with van der Waals surface area (Å²) in [4.78, 5) is 12.4. The zero-order chi connectivity index (χ0) is 21.9. The Morgan fingerprint density at radius 1 is 1.14 bits per heavy atom. The van der Waals surface area contributed by atoms with Gasteiger partial charge in [-0.3, -0.25) is 4.79 Å². The summed E-state index contributed by atoms with van der Waals surface area (Å²) in [6, 6.07) is 8.21. The lowest BCUT2D eigenvalue weighted by molar-refractivity contribution is -0.121. The van der Waals surface area contributed by atoms with Gasteiger partial charge in [-0.15, -0.1) is 0 Å². The van der Waals surface area contributed by atoms with E-state index in [9.17, 15) is 13.2 Å². The molecule has 0 spiro atoms. The van der Waals surface area contributed by atoms with Crippen LogP contribution in [0, 0.1) is 20.8 Å². The number of nitrogens with zero attached hydrogens (tertiary/aromatic N) is 1. The maximum absolute atomic E-state index is 12.9. The Labute approximate surface area is 177 Å². The Kier molecular flexibility index (Phi) is 7.32. The molecule has 6 nitrogen and oxygen atoms in total. The van der Waals surface area contributed by atoms with Crippen LogP contribution >= 0.6 is 11.6 Å². The Hall–Kier alpha value is -2.09. The fourth-order valence-electron chi connectivity index (χ4n) is 3.12. The van der Waals surface area contributed by atoms with Crippen molar-refractivity contribution in [1.82, 2.24) is 9.62 Å². The largest absolute Gasteiger partial charge is 0.495 e. The van der Waals surface area contributed by atoms with Gasteiger partial charge in [-0.05, 0) is 68.1 Å². The summed E-state index contributed by atoms with van der Waals surface area (Å²) in [5.41, 5.74) is 4.40. The third-order valence-corrected chi connectivity index (χ3v) is 6.97. The second-order valence-electron chi connectivity index (χ2n) is 7.14. The van der Waals surface area contributed by atoms with Gasteiger partial charge in [-0.25, -0.2) is 8.42 Å². The summed E-state index contributed by atoms with van der Waals surface area (Å²) in [6.45, 7) is 7.60. The number of ether oxygens (including phenoxy) is 1. The van der Waals surface area contributed by atoms with Crippen LogP contribution in [0.25, 0.3) is 0 Å². The van der Waals surface area contributed by atoms with Crippen LogP contribution in [-0.4, -0.2) is 39.3 Å². The SMILES string of the molecule is COc1ccc(Cl)cc1S(=O)(=O)N(C)CC(=O)N[C@@H](C)c1cc(C)c(C)cc1C. The molecule has 2 aromatic carbocycles. The molecule has 0 aromatic heterocycles. The van der Waals surface area contributed by atoms with E-state index in [4.69, 9.17) is 16.3 Å². The maximum atomic E-state index is 12.9. The smallest absolute Gasteiger partial charge is 0.247 e. The van der Waals surface area contributed by atoms with E-state index < -0.39 is 15.9 Å². The highest BCUT2D eigenvalue weighted by Crippen LogP contribution is 2.29. The van der Waals surface area contributed by atoms with Crippen LogP contribution in [0.2, 0.25) is 5.02 Å². The van der Waals surface area contributed by atoms with E-state index in [0.29, 0.717) is 0 Å². The monoisotopic (exact) mass is 438 g/mol. The average Bonchev–Trinajstić information content (AvgIpc) is 2.64. The van der Waals surface area contributed by atoms with Crippen LogP contribution < -0.4 is 10.1 Å². The topological polar surface area (TPSA) is 75.7 Å². The lowest BCUT2D eigenvalue weighted by atomic mass is 9.96. The molecule has 8 heteroatoms. The second kappa shape index (κ2) is 9.15. The maximum Gasteiger partial charge on any atom is 0.247 e. The summed E-state index contributed by atoms with van der Waals surface area (Å²) in [5.74, 6) is -0.233. The number of hydrogen-bond acceptors (Lipinski definition) is 4. The predicted octanol–water partition coefficient (Wildman–Crippen LogP) is 3.77. The summed E-state index contributed by atoms with van der Waals surface area (Å²) in [7, 11) is -1.23.